The lowest BCUT2D eigenvalue weighted by molar-refractivity contribution is -0.141. The van der Waals surface area contributed by atoms with Crippen LogP contribution in [0.1, 0.15) is 16.8 Å². The summed E-state index contributed by atoms with van der Waals surface area (Å²) in [5.74, 6) is 0. The van der Waals surface area contributed by atoms with Gasteiger partial charge in [-0.3, -0.25) is 0 Å². The van der Waals surface area contributed by atoms with E-state index in [0.29, 0.717) is 5.39 Å². The number of alkyl halides is 3. The quantitative estimate of drug-likeness (QED) is 0.785. The number of aromatic nitrogens is 1. The van der Waals surface area contributed by atoms with Crippen molar-refractivity contribution in [3.63, 3.8) is 0 Å². The van der Waals surface area contributed by atoms with Crippen LogP contribution in [0.15, 0.2) is 12.1 Å². The van der Waals surface area contributed by atoms with Gasteiger partial charge in [-0.1, -0.05) is 11.6 Å². The van der Waals surface area contributed by atoms with Gasteiger partial charge in [0.15, 0.2) is 0 Å². The van der Waals surface area contributed by atoms with Gasteiger partial charge in [-0.2, -0.15) is 13.2 Å². The largest absolute Gasteiger partial charge is 0.433 e. The van der Waals surface area contributed by atoms with E-state index in [1.165, 1.54) is 6.92 Å². The predicted octanol–water partition coefficient (Wildman–Crippen LogP) is 4.11. The standard InChI is InChI=1S/C12H10ClF3N2/c1-5-3-7-9(17)6(2)11(12(14,15)16)18-10(7)8(13)4-5/h3-4H,1-2H3,(H2,17,18). The molecule has 0 saturated heterocycles. The van der Waals surface area contributed by atoms with E-state index in [0.717, 1.165) is 5.56 Å². The lowest BCUT2D eigenvalue weighted by Crippen LogP contribution is -2.12. The SMILES string of the molecule is Cc1cc(Cl)c2nc(C(F)(F)F)c(C)c(N)c2c1. The second-order valence-electron chi connectivity index (χ2n) is 4.14. The smallest absolute Gasteiger partial charge is 0.398 e. The lowest BCUT2D eigenvalue weighted by atomic mass is 10.0. The third-order valence-corrected chi connectivity index (χ3v) is 3.04. The summed E-state index contributed by atoms with van der Waals surface area (Å²) in [7, 11) is 0. The van der Waals surface area contributed by atoms with Crippen molar-refractivity contribution in [2.75, 3.05) is 5.73 Å². The van der Waals surface area contributed by atoms with Gasteiger partial charge in [-0.05, 0) is 31.5 Å². The summed E-state index contributed by atoms with van der Waals surface area (Å²) < 4.78 is 38.4. The van der Waals surface area contributed by atoms with E-state index in [1.54, 1.807) is 19.1 Å². The van der Waals surface area contributed by atoms with E-state index in [4.69, 9.17) is 17.3 Å². The van der Waals surface area contributed by atoms with Crippen LogP contribution in [-0.2, 0) is 6.18 Å². The molecule has 0 unspecified atom stereocenters. The summed E-state index contributed by atoms with van der Waals surface area (Å²) in [4.78, 5) is 3.61. The van der Waals surface area contributed by atoms with Crippen molar-refractivity contribution in [2.45, 2.75) is 20.0 Å². The van der Waals surface area contributed by atoms with Gasteiger partial charge in [0.25, 0.3) is 0 Å². The minimum atomic E-state index is -4.54. The molecule has 0 bridgehead atoms. The van der Waals surface area contributed by atoms with Crippen LogP contribution in [0.3, 0.4) is 0 Å². The van der Waals surface area contributed by atoms with E-state index in [2.05, 4.69) is 4.98 Å². The number of rotatable bonds is 0. The maximum Gasteiger partial charge on any atom is 0.433 e. The number of halogens is 4. The summed E-state index contributed by atoms with van der Waals surface area (Å²) in [6.45, 7) is 3.10. The fourth-order valence-electron chi connectivity index (χ4n) is 1.85. The molecule has 0 spiro atoms. The minimum absolute atomic E-state index is 0.0675. The van der Waals surface area contributed by atoms with Crippen molar-refractivity contribution in [1.82, 2.24) is 4.98 Å². The van der Waals surface area contributed by atoms with Gasteiger partial charge in [-0.25, -0.2) is 4.98 Å². The number of hydrogen-bond donors (Lipinski definition) is 1. The molecule has 1 heterocycles. The Morgan fingerprint density at radius 1 is 1.22 bits per heavy atom. The van der Waals surface area contributed by atoms with E-state index in [-0.39, 0.29) is 21.8 Å². The molecule has 1 aromatic heterocycles. The summed E-state index contributed by atoms with van der Waals surface area (Å²) >= 11 is 5.92. The predicted molar refractivity (Wildman–Crippen MR) is 65.6 cm³/mol. The highest BCUT2D eigenvalue weighted by Crippen LogP contribution is 2.37. The van der Waals surface area contributed by atoms with Crippen LogP contribution in [-0.4, -0.2) is 4.98 Å². The molecule has 0 aliphatic carbocycles. The van der Waals surface area contributed by atoms with Crippen LogP contribution in [0.25, 0.3) is 10.9 Å². The molecule has 2 aromatic rings. The molecule has 18 heavy (non-hydrogen) atoms. The monoisotopic (exact) mass is 274 g/mol. The van der Waals surface area contributed by atoms with Crippen molar-refractivity contribution in [1.29, 1.82) is 0 Å². The Kier molecular flexibility index (Phi) is 2.89. The molecule has 0 saturated carbocycles. The molecule has 0 aliphatic heterocycles. The molecule has 6 heteroatoms. The second-order valence-corrected chi connectivity index (χ2v) is 4.55. The molecular formula is C12H10ClF3N2. The molecule has 2 rings (SSSR count). The normalized spacial score (nSPS) is 12.1. The van der Waals surface area contributed by atoms with Gasteiger partial charge >= 0.3 is 6.18 Å². The average Bonchev–Trinajstić information content (AvgIpc) is 2.22. The molecular weight excluding hydrogens is 265 g/mol. The average molecular weight is 275 g/mol. The van der Waals surface area contributed by atoms with E-state index in [9.17, 15) is 13.2 Å². The number of hydrogen-bond acceptors (Lipinski definition) is 2. The zero-order chi connectivity index (χ0) is 13.7. The topological polar surface area (TPSA) is 38.9 Å². The number of aryl methyl sites for hydroxylation is 1. The second kappa shape index (κ2) is 4.02. The molecule has 0 amide bonds. The number of anilines is 1. The molecule has 1 aromatic carbocycles. The zero-order valence-corrected chi connectivity index (χ0v) is 10.4. The number of fused-ring (bicyclic) bond motifs is 1. The van der Waals surface area contributed by atoms with Crippen LogP contribution in [0.4, 0.5) is 18.9 Å². The fraction of sp³-hybridized carbons (Fsp3) is 0.250. The minimum Gasteiger partial charge on any atom is -0.398 e. The van der Waals surface area contributed by atoms with E-state index in [1.807, 2.05) is 0 Å². The lowest BCUT2D eigenvalue weighted by Gasteiger charge is -2.14. The molecule has 2 nitrogen and oxygen atoms in total. The Labute approximate surface area is 107 Å². The van der Waals surface area contributed by atoms with E-state index >= 15 is 0 Å². The summed E-state index contributed by atoms with van der Waals surface area (Å²) in [5.41, 5.74) is 5.66. The number of pyridine rings is 1. The third-order valence-electron chi connectivity index (χ3n) is 2.75. The molecule has 0 radical (unpaired) electrons. The maximum absolute atomic E-state index is 12.8. The first-order valence-corrected chi connectivity index (χ1v) is 5.52. The number of nitrogen functional groups attached to an aromatic ring is 1. The number of benzene rings is 1. The van der Waals surface area contributed by atoms with Crippen LogP contribution in [0.2, 0.25) is 5.02 Å². The Bertz CT molecular complexity index is 635. The maximum atomic E-state index is 12.8. The third kappa shape index (κ3) is 1.99. The Morgan fingerprint density at radius 3 is 2.39 bits per heavy atom. The van der Waals surface area contributed by atoms with Gasteiger partial charge in [0.1, 0.15) is 5.69 Å². The molecule has 0 aliphatic rings. The molecule has 96 valence electrons. The van der Waals surface area contributed by atoms with Crippen LogP contribution in [0, 0.1) is 13.8 Å². The van der Waals surface area contributed by atoms with Crippen molar-refractivity contribution in [2.24, 2.45) is 0 Å². The summed E-state index contributed by atoms with van der Waals surface area (Å²) in [6, 6.07) is 3.24. The zero-order valence-electron chi connectivity index (χ0n) is 9.69. The van der Waals surface area contributed by atoms with Crippen molar-refractivity contribution < 1.29 is 13.2 Å². The van der Waals surface area contributed by atoms with Crippen LogP contribution >= 0.6 is 11.6 Å². The highest BCUT2D eigenvalue weighted by molar-refractivity contribution is 6.35. The number of nitrogens with two attached hydrogens (primary N) is 1. The van der Waals surface area contributed by atoms with Crippen LogP contribution in [0.5, 0.6) is 0 Å². The summed E-state index contributed by atoms with van der Waals surface area (Å²) in [6.07, 6.45) is -4.54. The Balaban J connectivity index is 2.93. The van der Waals surface area contributed by atoms with E-state index < -0.39 is 11.9 Å². The first-order chi connectivity index (χ1) is 8.21. The van der Waals surface area contributed by atoms with Gasteiger partial charge in [-0.15, -0.1) is 0 Å². The molecule has 0 fully saturated rings. The fourth-order valence-corrected chi connectivity index (χ4v) is 2.17. The van der Waals surface area contributed by atoms with Gasteiger partial charge < -0.3 is 5.73 Å². The molecule has 0 atom stereocenters. The van der Waals surface area contributed by atoms with Crippen LogP contribution < -0.4 is 5.73 Å². The highest BCUT2D eigenvalue weighted by atomic mass is 35.5. The number of nitrogens with zero attached hydrogens (tertiary/aromatic N) is 1. The Morgan fingerprint density at radius 2 is 1.83 bits per heavy atom. The van der Waals surface area contributed by atoms with Crippen molar-refractivity contribution in [3.05, 3.63) is 34.0 Å². The first kappa shape index (κ1) is 13.0. The van der Waals surface area contributed by atoms with Crippen molar-refractivity contribution in [3.8, 4) is 0 Å². The molecule has 2 N–H and O–H groups in total. The highest BCUT2D eigenvalue weighted by Gasteiger charge is 2.36. The Hall–Kier alpha value is -1.49. The van der Waals surface area contributed by atoms with Crippen molar-refractivity contribution >= 4 is 28.2 Å². The van der Waals surface area contributed by atoms with Gasteiger partial charge in [0.05, 0.1) is 10.5 Å². The summed E-state index contributed by atoms with van der Waals surface area (Å²) in [5, 5.41) is 0.618. The van der Waals surface area contributed by atoms with Gasteiger partial charge in [0.2, 0.25) is 0 Å². The first-order valence-electron chi connectivity index (χ1n) is 5.15. The van der Waals surface area contributed by atoms with Gasteiger partial charge in [0, 0.05) is 16.6 Å².